The predicted molar refractivity (Wildman–Crippen MR) is 58.6 cm³/mol. The molecule has 0 bridgehead atoms. The van der Waals surface area contributed by atoms with E-state index in [4.69, 9.17) is 4.74 Å². The van der Waals surface area contributed by atoms with Crippen molar-refractivity contribution in [2.24, 2.45) is 5.92 Å². The lowest BCUT2D eigenvalue weighted by molar-refractivity contribution is 0.104. The van der Waals surface area contributed by atoms with E-state index in [1.165, 1.54) is 0 Å². The van der Waals surface area contributed by atoms with Crippen molar-refractivity contribution >= 4 is 5.78 Å². The molecule has 1 fully saturated rings. The minimum absolute atomic E-state index is 0.0275. The monoisotopic (exact) mass is 202 g/mol. The second kappa shape index (κ2) is 4.30. The Balaban J connectivity index is 2.10. The molecule has 78 valence electrons. The van der Waals surface area contributed by atoms with E-state index >= 15 is 0 Å². The zero-order chi connectivity index (χ0) is 10.7. The summed E-state index contributed by atoms with van der Waals surface area (Å²) in [5.41, 5.74) is 0.716. The molecular formula is C13H14O2. The van der Waals surface area contributed by atoms with Gasteiger partial charge in [0.15, 0.2) is 5.78 Å². The molecule has 0 spiro atoms. The molecule has 0 N–H and O–H groups in total. The normalized spacial score (nSPS) is 22.7. The van der Waals surface area contributed by atoms with E-state index < -0.39 is 0 Å². The van der Waals surface area contributed by atoms with Crippen molar-refractivity contribution < 1.29 is 9.53 Å². The third-order valence-corrected chi connectivity index (χ3v) is 2.45. The van der Waals surface area contributed by atoms with Crippen LogP contribution in [0.5, 0.6) is 0 Å². The van der Waals surface area contributed by atoms with Crippen molar-refractivity contribution in [3.63, 3.8) is 0 Å². The van der Waals surface area contributed by atoms with E-state index in [-0.39, 0.29) is 5.78 Å². The number of rotatable bonds is 2. The number of hydrogen-bond acceptors (Lipinski definition) is 2. The molecule has 1 unspecified atom stereocenters. The molecule has 0 saturated carbocycles. The summed E-state index contributed by atoms with van der Waals surface area (Å²) in [6.07, 6.45) is 2.48. The van der Waals surface area contributed by atoms with Crippen LogP contribution >= 0.6 is 0 Å². The van der Waals surface area contributed by atoms with Crippen molar-refractivity contribution in [1.82, 2.24) is 0 Å². The Hall–Kier alpha value is -1.57. The summed E-state index contributed by atoms with van der Waals surface area (Å²) in [5, 5.41) is 0. The Morgan fingerprint density at radius 2 is 2.13 bits per heavy atom. The van der Waals surface area contributed by atoms with Gasteiger partial charge in [-0.25, -0.2) is 0 Å². The second-order valence-electron chi connectivity index (χ2n) is 3.96. The van der Waals surface area contributed by atoms with Crippen LogP contribution in [0.25, 0.3) is 0 Å². The van der Waals surface area contributed by atoms with Gasteiger partial charge in [-0.3, -0.25) is 4.79 Å². The Kier molecular flexibility index (Phi) is 2.86. The molecule has 1 saturated heterocycles. The number of carbonyl (C=O) groups excluding carboxylic acids is 1. The summed E-state index contributed by atoms with van der Waals surface area (Å²) in [6.45, 7) is 2.85. The van der Waals surface area contributed by atoms with Crippen molar-refractivity contribution in [3.8, 4) is 0 Å². The first kappa shape index (κ1) is 9.97. The first-order valence-electron chi connectivity index (χ1n) is 5.18. The fraction of sp³-hybridized carbons (Fsp3) is 0.308. The molecule has 1 aliphatic heterocycles. The van der Waals surface area contributed by atoms with Crippen molar-refractivity contribution in [2.75, 3.05) is 6.61 Å². The van der Waals surface area contributed by atoms with E-state index in [1.807, 2.05) is 30.3 Å². The molecule has 15 heavy (non-hydrogen) atoms. The van der Waals surface area contributed by atoms with Crippen LogP contribution in [0.1, 0.15) is 23.7 Å². The molecule has 0 amide bonds. The SMILES string of the molecule is CC1CO/C(=C\C(=O)c2ccccc2)C1. The third-order valence-electron chi connectivity index (χ3n) is 2.45. The summed E-state index contributed by atoms with van der Waals surface area (Å²) >= 11 is 0. The highest BCUT2D eigenvalue weighted by Gasteiger charge is 2.17. The first-order chi connectivity index (χ1) is 7.25. The number of benzene rings is 1. The number of ketones is 1. The molecule has 0 aromatic heterocycles. The van der Waals surface area contributed by atoms with Crippen LogP contribution in [0.4, 0.5) is 0 Å². The van der Waals surface area contributed by atoms with Crippen molar-refractivity contribution in [1.29, 1.82) is 0 Å². The van der Waals surface area contributed by atoms with Crippen molar-refractivity contribution in [3.05, 3.63) is 47.7 Å². The Morgan fingerprint density at radius 1 is 1.40 bits per heavy atom. The van der Waals surface area contributed by atoms with Gasteiger partial charge in [0, 0.05) is 18.1 Å². The zero-order valence-corrected chi connectivity index (χ0v) is 8.77. The van der Waals surface area contributed by atoms with E-state index in [0.717, 1.165) is 18.8 Å². The van der Waals surface area contributed by atoms with Crippen LogP contribution in [0.15, 0.2) is 42.2 Å². The van der Waals surface area contributed by atoms with Gasteiger partial charge in [0.05, 0.1) is 6.61 Å². The standard InChI is InChI=1S/C13H14O2/c1-10-7-12(15-9-10)8-13(14)11-5-3-2-4-6-11/h2-6,8,10H,7,9H2,1H3/b12-8-. The van der Waals surface area contributed by atoms with Crippen LogP contribution in [0, 0.1) is 5.92 Å². The number of hydrogen-bond donors (Lipinski definition) is 0. The van der Waals surface area contributed by atoms with E-state index in [9.17, 15) is 4.79 Å². The van der Waals surface area contributed by atoms with Gasteiger partial charge in [-0.1, -0.05) is 37.3 Å². The maximum Gasteiger partial charge on any atom is 0.189 e. The lowest BCUT2D eigenvalue weighted by Crippen LogP contribution is -1.95. The van der Waals surface area contributed by atoms with Gasteiger partial charge in [0.25, 0.3) is 0 Å². The molecule has 0 radical (unpaired) electrons. The van der Waals surface area contributed by atoms with Gasteiger partial charge in [-0.15, -0.1) is 0 Å². The topological polar surface area (TPSA) is 26.3 Å². The highest BCUT2D eigenvalue weighted by atomic mass is 16.5. The van der Waals surface area contributed by atoms with E-state index in [1.54, 1.807) is 6.08 Å². The van der Waals surface area contributed by atoms with Crippen LogP contribution in [-0.4, -0.2) is 12.4 Å². The molecule has 2 nitrogen and oxygen atoms in total. The Labute approximate surface area is 89.6 Å². The molecular weight excluding hydrogens is 188 g/mol. The largest absolute Gasteiger partial charge is 0.497 e. The van der Waals surface area contributed by atoms with Crippen LogP contribution < -0.4 is 0 Å². The summed E-state index contributed by atoms with van der Waals surface area (Å²) in [6, 6.07) is 9.27. The van der Waals surface area contributed by atoms with Gasteiger partial charge in [0.2, 0.25) is 0 Å². The lowest BCUT2D eigenvalue weighted by Gasteiger charge is -1.97. The fourth-order valence-electron chi connectivity index (χ4n) is 1.64. The summed E-state index contributed by atoms with van der Waals surface area (Å²) in [7, 11) is 0. The predicted octanol–water partition coefficient (Wildman–Crippen LogP) is 2.81. The fourth-order valence-corrected chi connectivity index (χ4v) is 1.64. The highest BCUT2D eigenvalue weighted by Crippen LogP contribution is 2.22. The molecule has 1 atom stereocenters. The first-order valence-corrected chi connectivity index (χ1v) is 5.18. The van der Waals surface area contributed by atoms with Crippen LogP contribution in [0.2, 0.25) is 0 Å². The smallest absolute Gasteiger partial charge is 0.189 e. The maximum atomic E-state index is 11.8. The van der Waals surface area contributed by atoms with E-state index in [2.05, 4.69) is 6.92 Å². The minimum atomic E-state index is 0.0275. The molecule has 1 heterocycles. The van der Waals surface area contributed by atoms with Crippen LogP contribution in [-0.2, 0) is 4.74 Å². The average Bonchev–Trinajstić information content (AvgIpc) is 2.65. The number of ether oxygens (including phenoxy) is 1. The summed E-state index contributed by atoms with van der Waals surface area (Å²) in [4.78, 5) is 11.8. The van der Waals surface area contributed by atoms with Crippen LogP contribution in [0.3, 0.4) is 0 Å². The summed E-state index contributed by atoms with van der Waals surface area (Å²) < 4.78 is 5.40. The van der Waals surface area contributed by atoms with Gasteiger partial charge >= 0.3 is 0 Å². The molecule has 1 aromatic carbocycles. The van der Waals surface area contributed by atoms with Gasteiger partial charge in [0.1, 0.15) is 5.76 Å². The number of carbonyl (C=O) groups is 1. The van der Waals surface area contributed by atoms with Crippen molar-refractivity contribution in [2.45, 2.75) is 13.3 Å². The minimum Gasteiger partial charge on any atom is -0.497 e. The lowest BCUT2D eigenvalue weighted by atomic mass is 10.1. The molecule has 2 rings (SSSR count). The molecule has 0 aliphatic carbocycles. The zero-order valence-electron chi connectivity index (χ0n) is 8.77. The summed E-state index contributed by atoms with van der Waals surface area (Å²) in [5.74, 6) is 1.37. The average molecular weight is 202 g/mol. The molecule has 2 heteroatoms. The van der Waals surface area contributed by atoms with Gasteiger partial charge in [-0.05, 0) is 5.92 Å². The molecule has 1 aromatic rings. The van der Waals surface area contributed by atoms with Gasteiger partial charge in [-0.2, -0.15) is 0 Å². The van der Waals surface area contributed by atoms with Gasteiger partial charge < -0.3 is 4.74 Å². The third kappa shape index (κ3) is 2.46. The number of allylic oxidation sites excluding steroid dienone is 2. The van der Waals surface area contributed by atoms with E-state index in [0.29, 0.717) is 11.5 Å². The molecule has 1 aliphatic rings. The Morgan fingerprint density at radius 3 is 2.73 bits per heavy atom. The Bertz CT molecular complexity index is 379. The second-order valence-corrected chi connectivity index (χ2v) is 3.96. The quantitative estimate of drug-likeness (QED) is 0.544. The highest BCUT2D eigenvalue weighted by molar-refractivity contribution is 6.04. The maximum absolute atomic E-state index is 11.8.